The van der Waals surface area contributed by atoms with E-state index < -0.39 is 0 Å². The van der Waals surface area contributed by atoms with E-state index in [0.29, 0.717) is 23.5 Å². The van der Waals surface area contributed by atoms with Crippen LogP contribution in [0.15, 0.2) is 0 Å². The van der Waals surface area contributed by atoms with Crippen molar-refractivity contribution in [1.82, 2.24) is 0 Å². The summed E-state index contributed by atoms with van der Waals surface area (Å²) in [6.07, 6.45) is 7.14. The number of rotatable bonds is 4. The lowest BCUT2D eigenvalue weighted by atomic mass is 9.70. The van der Waals surface area contributed by atoms with Gasteiger partial charge in [-0.3, -0.25) is 0 Å². The summed E-state index contributed by atoms with van der Waals surface area (Å²) < 4.78 is 12.2. The Labute approximate surface area is 117 Å². The molecular formula is C16H29NO2. The molecule has 0 aromatic rings. The van der Waals surface area contributed by atoms with Gasteiger partial charge in [-0.25, -0.2) is 0 Å². The van der Waals surface area contributed by atoms with Gasteiger partial charge in [0.25, 0.3) is 0 Å². The van der Waals surface area contributed by atoms with Crippen LogP contribution in [0, 0.1) is 16.7 Å². The van der Waals surface area contributed by atoms with Gasteiger partial charge < -0.3 is 15.2 Å². The van der Waals surface area contributed by atoms with E-state index in [0.717, 1.165) is 25.4 Å². The Balaban J connectivity index is 1.55. The lowest BCUT2D eigenvalue weighted by Gasteiger charge is -2.39. The molecule has 0 amide bonds. The second-order valence-electron chi connectivity index (χ2n) is 7.63. The quantitative estimate of drug-likeness (QED) is 0.852. The van der Waals surface area contributed by atoms with Gasteiger partial charge in [0.1, 0.15) is 0 Å². The van der Waals surface area contributed by atoms with Gasteiger partial charge in [-0.15, -0.1) is 0 Å². The first-order valence-electron chi connectivity index (χ1n) is 7.94. The second-order valence-corrected chi connectivity index (χ2v) is 7.63. The minimum absolute atomic E-state index is 0.264. The van der Waals surface area contributed by atoms with Crippen LogP contribution in [0.3, 0.4) is 0 Å². The van der Waals surface area contributed by atoms with Gasteiger partial charge in [0, 0.05) is 6.54 Å². The molecule has 3 aliphatic rings. The van der Waals surface area contributed by atoms with Gasteiger partial charge in [-0.1, -0.05) is 20.8 Å². The monoisotopic (exact) mass is 267 g/mol. The lowest BCUT2D eigenvalue weighted by Crippen LogP contribution is -2.38. The van der Waals surface area contributed by atoms with Crippen molar-refractivity contribution < 1.29 is 9.47 Å². The standard InChI is InChI=1S/C16H29NO2/c1-15(2)11-6-7-16(15,3)14(8-11)18-10-13-5-4-12(9-17)19-13/h11-14H,4-10,17H2,1-3H3. The third kappa shape index (κ3) is 2.05. The number of hydrogen-bond donors (Lipinski definition) is 1. The third-order valence-electron chi connectivity index (χ3n) is 6.66. The topological polar surface area (TPSA) is 44.5 Å². The summed E-state index contributed by atoms with van der Waals surface area (Å²) in [5.41, 5.74) is 6.46. The smallest absolute Gasteiger partial charge is 0.0814 e. The zero-order valence-corrected chi connectivity index (χ0v) is 12.7. The molecule has 2 N–H and O–H groups in total. The first-order valence-corrected chi connectivity index (χ1v) is 7.94. The summed E-state index contributed by atoms with van der Waals surface area (Å²) in [5, 5.41) is 0. The van der Waals surface area contributed by atoms with Crippen LogP contribution in [0.1, 0.15) is 52.9 Å². The van der Waals surface area contributed by atoms with Gasteiger partial charge in [-0.2, -0.15) is 0 Å². The van der Waals surface area contributed by atoms with E-state index in [1.54, 1.807) is 0 Å². The van der Waals surface area contributed by atoms with E-state index in [4.69, 9.17) is 15.2 Å². The Bertz CT molecular complexity index is 344. The number of fused-ring (bicyclic) bond motifs is 2. The average molecular weight is 267 g/mol. The Morgan fingerprint density at radius 1 is 1.16 bits per heavy atom. The van der Waals surface area contributed by atoms with Crippen molar-refractivity contribution in [2.24, 2.45) is 22.5 Å². The fraction of sp³-hybridized carbons (Fsp3) is 1.00. The van der Waals surface area contributed by atoms with Crippen LogP contribution in [0.5, 0.6) is 0 Å². The molecule has 5 atom stereocenters. The first-order chi connectivity index (χ1) is 8.97. The van der Waals surface area contributed by atoms with Crippen LogP contribution in [0.2, 0.25) is 0 Å². The highest BCUT2D eigenvalue weighted by atomic mass is 16.5. The highest BCUT2D eigenvalue weighted by molar-refractivity contribution is 5.11. The van der Waals surface area contributed by atoms with Gasteiger partial charge in [0.15, 0.2) is 0 Å². The Hall–Kier alpha value is -0.120. The molecule has 3 fully saturated rings. The SMILES string of the molecule is CC1(C)C2CCC1(C)C(OCC1CCC(CN)O1)C2. The maximum atomic E-state index is 6.29. The van der Waals surface area contributed by atoms with Gasteiger partial charge in [0.2, 0.25) is 0 Å². The Kier molecular flexibility index (Phi) is 3.43. The van der Waals surface area contributed by atoms with Crippen molar-refractivity contribution in [2.45, 2.75) is 71.2 Å². The highest BCUT2D eigenvalue weighted by Crippen LogP contribution is 2.66. The van der Waals surface area contributed by atoms with E-state index >= 15 is 0 Å². The Morgan fingerprint density at radius 2 is 1.89 bits per heavy atom. The molecule has 3 heteroatoms. The van der Waals surface area contributed by atoms with Crippen LogP contribution in [-0.4, -0.2) is 31.5 Å². The van der Waals surface area contributed by atoms with E-state index in [9.17, 15) is 0 Å². The zero-order chi connectivity index (χ0) is 13.7. The molecule has 3 rings (SSSR count). The molecule has 2 aliphatic carbocycles. The molecule has 1 heterocycles. The molecule has 0 radical (unpaired) electrons. The second kappa shape index (κ2) is 4.71. The molecule has 110 valence electrons. The van der Waals surface area contributed by atoms with Crippen molar-refractivity contribution in [3.8, 4) is 0 Å². The third-order valence-corrected chi connectivity index (χ3v) is 6.66. The van der Waals surface area contributed by atoms with Crippen LogP contribution >= 0.6 is 0 Å². The van der Waals surface area contributed by atoms with E-state index in [-0.39, 0.29) is 12.2 Å². The minimum Gasteiger partial charge on any atom is -0.375 e. The lowest BCUT2D eigenvalue weighted by molar-refractivity contribution is -0.0866. The minimum atomic E-state index is 0.264. The average Bonchev–Trinajstić information content (AvgIpc) is 2.97. The predicted molar refractivity (Wildman–Crippen MR) is 75.9 cm³/mol. The van der Waals surface area contributed by atoms with Crippen molar-refractivity contribution >= 4 is 0 Å². The number of nitrogens with two attached hydrogens (primary N) is 1. The molecule has 1 aliphatic heterocycles. The highest BCUT2D eigenvalue weighted by Gasteiger charge is 2.61. The molecule has 5 unspecified atom stereocenters. The fourth-order valence-corrected chi connectivity index (χ4v) is 4.68. The number of ether oxygens (including phenoxy) is 2. The number of hydrogen-bond acceptors (Lipinski definition) is 3. The Morgan fingerprint density at radius 3 is 2.42 bits per heavy atom. The molecule has 0 aromatic heterocycles. The van der Waals surface area contributed by atoms with Crippen molar-refractivity contribution in [3.05, 3.63) is 0 Å². The molecule has 19 heavy (non-hydrogen) atoms. The van der Waals surface area contributed by atoms with Gasteiger partial charge in [0.05, 0.1) is 24.9 Å². The molecule has 0 spiro atoms. The maximum absolute atomic E-state index is 6.29. The molecule has 2 saturated carbocycles. The summed E-state index contributed by atoms with van der Waals surface area (Å²) in [6, 6.07) is 0. The summed E-state index contributed by atoms with van der Waals surface area (Å²) >= 11 is 0. The normalized spacial score (nSPS) is 48.0. The first kappa shape index (κ1) is 13.8. The van der Waals surface area contributed by atoms with Gasteiger partial charge >= 0.3 is 0 Å². The van der Waals surface area contributed by atoms with Crippen LogP contribution in [-0.2, 0) is 9.47 Å². The van der Waals surface area contributed by atoms with E-state index in [1.165, 1.54) is 19.3 Å². The van der Waals surface area contributed by atoms with Crippen molar-refractivity contribution in [2.75, 3.05) is 13.2 Å². The molecule has 0 aromatic carbocycles. The summed E-state index contributed by atoms with van der Waals surface area (Å²) in [5.74, 6) is 0.851. The maximum Gasteiger partial charge on any atom is 0.0814 e. The summed E-state index contributed by atoms with van der Waals surface area (Å²) in [6.45, 7) is 8.71. The van der Waals surface area contributed by atoms with Crippen LogP contribution < -0.4 is 5.73 Å². The van der Waals surface area contributed by atoms with E-state index in [1.807, 2.05) is 0 Å². The van der Waals surface area contributed by atoms with Crippen LogP contribution in [0.25, 0.3) is 0 Å². The molecular weight excluding hydrogens is 238 g/mol. The molecule has 2 bridgehead atoms. The largest absolute Gasteiger partial charge is 0.375 e. The molecule has 1 saturated heterocycles. The molecule has 3 nitrogen and oxygen atoms in total. The van der Waals surface area contributed by atoms with E-state index in [2.05, 4.69) is 20.8 Å². The zero-order valence-electron chi connectivity index (χ0n) is 12.7. The van der Waals surface area contributed by atoms with Crippen molar-refractivity contribution in [1.29, 1.82) is 0 Å². The summed E-state index contributed by atoms with van der Waals surface area (Å²) in [4.78, 5) is 0. The fourth-order valence-electron chi connectivity index (χ4n) is 4.68. The van der Waals surface area contributed by atoms with Crippen molar-refractivity contribution in [3.63, 3.8) is 0 Å². The predicted octanol–water partition coefficient (Wildman–Crippen LogP) is 2.72. The van der Waals surface area contributed by atoms with Crippen LogP contribution in [0.4, 0.5) is 0 Å². The van der Waals surface area contributed by atoms with Gasteiger partial charge in [-0.05, 0) is 48.9 Å². The summed E-state index contributed by atoms with van der Waals surface area (Å²) in [7, 11) is 0.